The van der Waals surface area contributed by atoms with E-state index in [2.05, 4.69) is 48.5 Å². The predicted molar refractivity (Wildman–Crippen MR) is 97.0 cm³/mol. The first-order valence-electron chi connectivity index (χ1n) is 7.88. The summed E-state index contributed by atoms with van der Waals surface area (Å²) < 4.78 is 0. The number of nitrogen functional groups attached to an aromatic ring is 1. The van der Waals surface area contributed by atoms with Gasteiger partial charge in [0.05, 0.1) is 0 Å². The lowest BCUT2D eigenvalue weighted by molar-refractivity contribution is 0.438. The zero-order chi connectivity index (χ0) is 16.1. The topological polar surface area (TPSA) is 52.0 Å². The minimum absolute atomic E-state index is 0.462. The molecule has 0 fully saturated rings. The van der Waals surface area contributed by atoms with E-state index in [0.29, 0.717) is 0 Å². The van der Waals surface area contributed by atoms with Gasteiger partial charge in [0.2, 0.25) is 0 Å². The Balaban J connectivity index is 1.96. The molecular weight excluding hydrogens is 280 g/mol. The first-order chi connectivity index (χ1) is 11.2. The molecule has 116 valence electrons. The Morgan fingerprint density at radius 1 is 0.609 bits per heavy atom. The Hall–Kier alpha value is -2.58. The van der Waals surface area contributed by atoms with Crippen LogP contribution in [0.3, 0.4) is 0 Å². The van der Waals surface area contributed by atoms with Crippen molar-refractivity contribution in [2.24, 2.45) is 5.73 Å². The standard InChI is InChI=1S/C21H22N2/c22-20-13-11-19(12-14-20)21(23,15-17-7-3-1-4-8-17)16-18-9-5-2-6-10-18/h1-14H,15-16,22-23H2. The summed E-state index contributed by atoms with van der Waals surface area (Å²) in [7, 11) is 0. The molecule has 0 spiro atoms. The van der Waals surface area contributed by atoms with E-state index in [-0.39, 0.29) is 0 Å². The van der Waals surface area contributed by atoms with Crippen molar-refractivity contribution >= 4 is 5.69 Å². The summed E-state index contributed by atoms with van der Waals surface area (Å²) in [5, 5.41) is 0. The summed E-state index contributed by atoms with van der Waals surface area (Å²) in [4.78, 5) is 0. The molecule has 3 aromatic rings. The molecule has 0 unspecified atom stereocenters. The van der Waals surface area contributed by atoms with E-state index in [9.17, 15) is 0 Å². The van der Waals surface area contributed by atoms with Crippen LogP contribution in [0.5, 0.6) is 0 Å². The fraction of sp³-hybridized carbons (Fsp3) is 0.143. The SMILES string of the molecule is Nc1ccc(C(N)(Cc2ccccc2)Cc2ccccc2)cc1. The van der Waals surface area contributed by atoms with Gasteiger partial charge in [0.25, 0.3) is 0 Å². The van der Waals surface area contributed by atoms with Crippen LogP contribution >= 0.6 is 0 Å². The molecule has 0 saturated carbocycles. The van der Waals surface area contributed by atoms with Crippen LogP contribution in [-0.2, 0) is 18.4 Å². The van der Waals surface area contributed by atoms with Crippen molar-refractivity contribution in [2.75, 3.05) is 5.73 Å². The minimum atomic E-state index is -0.462. The molecular formula is C21H22N2. The van der Waals surface area contributed by atoms with Crippen LogP contribution in [0, 0.1) is 0 Å². The molecule has 2 nitrogen and oxygen atoms in total. The molecule has 4 N–H and O–H groups in total. The van der Waals surface area contributed by atoms with Crippen LogP contribution in [0.4, 0.5) is 5.69 Å². The van der Waals surface area contributed by atoms with E-state index in [1.807, 2.05) is 36.4 Å². The zero-order valence-electron chi connectivity index (χ0n) is 13.2. The summed E-state index contributed by atoms with van der Waals surface area (Å²) in [6.45, 7) is 0. The lowest BCUT2D eigenvalue weighted by atomic mass is 9.80. The second-order valence-corrected chi connectivity index (χ2v) is 6.10. The maximum atomic E-state index is 6.89. The van der Waals surface area contributed by atoms with Gasteiger partial charge in [-0.25, -0.2) is 0 Å². The van der Waals surface area contributed by atoms with Crippen LogP contribution in [-0.4, -0.2) is 0 Å². The Bertz CT molecular complexity index is 692. The number of anilines is 1. The number of nitrogens with two attached hydrogens (primary N) is 2. The van der Waals surface area contributed by atoms with E-state index in [0.717, 1.165) is 24.1 Å². The number of rotatable bonds is 5. The van der Waals surface area contributed by atoms with Crippen LogP contribution in [0.1, 0.15) is 16.7 Å². The third kappa shape index (κ3) is 3.79. The molecule has 0 aromatic heterocycles. The fourth-order valence-corrected chi connectivity index (χ4v) is 3.00. The van der Waals surface area contributed by atoms with Gasteiger partial charge in [0, 0.05) is 11.2 Å². The van der Waals surface area contributed by atoms with Crippen LogP contribution in [0.15, 0.2) is 84.9 Å². The maximum absolute atomic E-state index is 6.89. The first kappa shape index (κ1) is 15.3. The first-order valence-corrected chi connectivity index (χ1v) is 7.88. The number of hydrogen-bond acceptors (Lipinski definition) is 2. The van der Waals surface area contributed by atoms with E-state index in [1.54, 1.807) is 0 Å². The van der Waals surface area contributed by atoms with Crippen molar-refractivity contribution in [2.45, 2.75) is 18.4 Å². The number of benzene rings is 3. The summed E-state index contributed by atoms with van der Waals surface area (Å²) in [5.74, 6) is 0. The highest BCUT2D eigenvalue weighted by molar-refractivity contribution is 5.42. The normalized spacial score (nSPS) is 11.3. The third-order valence-electron chi connectivity index (χ3n) is 4.21. The quantitative estimate of drug-likeness (QED) is 0.702. The number of hydrogen-bond donors (Lipinski definition) is 2. The lowest BCUT2D eigenvalue weighted by Gasteiger charge is -2.31. The molecule has 3 rings (SSSR count). The Morgan fingerprint density at radius 3 is 1.48 bits per heavy atom. The van der Waals surface area contributed by atoms with Crippen molar-refractivity contribution in [3.63, 3.8) is 0 Å². The molecule has 3 aromatic carbocycles. The van der Waals surface area contributed by atoms with Gasteiger partial charge < -0.3 is 11.5 Å². The second-order valence-electron chi connectivity index (χ2n) is 6.10. The van der Waals surface area contributed by atoms with E-state index in [4.69, 9.17) is 11.5 Å². The monoisotopic (exact) mass is 302 g/mol. The smallest absolute Gasteiger partial charge is 0.0491 e. The average molecular weight is 302 g/mol. The summed E-state index contributed by atoms with van der Waals surface area (Å²) >= 11 is 0. The summed E-state index contributed by atoms with van der Waals surface area (Å²) in [6.07, 6.45) is 1.57. The van der Waals surface area contributed by atoms with Gasteiger partial charge in [-0.05, 0) is 41.7 Å². The van der Waals surface area contributed by atoms with E-state index < -0.39 is 5.54 Å². The van der Waals surface area contributed by atoms with Gasteiger partial charge in [0.1, 0.15) is 0 Å². The molecule has 0 aliphatic carbocycles. The molecule has 0 radical (unpaired) electrons. The predicted octanol–water partition coefficient (Wildman–Crippen LogP) is 3.91. The molecule has 0 atom stereocenters. The van der Waals surface area contributed by atoms with Gasteiger partial charge in [0.15, 0.2) is 0 Å². The highest BCUT2D eigenvalue weighted by Gasteiger charge is 2.28. The zero-order valence-corrected chi connectivity index (χ0v) is 13.2. The second kappa shape index (κ2) is 6.67. The minimum Gasteiger partial charge on any atom is -0.399 e. The van der Waals surface area contributed by atoms with Crippen molar-refractivity contribution in [1.29, 1.82) is 0 Å². The van der Waals surface area contributed by atoms with Crippen molar-refractivity contribution in [3.8, 4) is 0 Å². The lowest BCUT2D eigenvalue weighted by Crippen LogP contribution is -2.41. The van der Waals surface area contributed by atoms with Gasteiger partial charge in [-0.3, -0.25) is 0 Å². The van der Waals surface area contributed by atoms with Gasteiger partial charge in [-0.2, -0.15) is 0 Å². The van der Waals surface area contributed by atoms with Crippen LogP contribution in [0.25, 0.3) is 0 Å². The van der Waals surface area contributed by atoms with Gasteiger partial charge >= 0.3 is 0 Å². The van der Waals surface area contributed by atoms with Crippen LogP contribution in [0.2, 0.25) is 0 Å². The summed E-state index contributed by atoms with van der Waals surface area (Å²) in [5.41, 5.74) is 16.6. The van der Waals surface area contributed by atoms with Crippen LogP contribution < -0.4 is 11.5 Å². The largest absolute Gasteiger partial charge is 0.399 e. The molecule has 0 heterocycles. The highest BCUT2D eigenvalue weighted by atomic mass is 14.7. The van der Waals surface area contributed by atoms with Gasteiger partial charge in [-0.1, -0.05) is 72.8 Å². The van der Waals surface area contributed by atoms with Gasteiger partial charge in [-0.15, -0.1) is 0 Å². The van der Waals surface area contributed by atoms with E-state index >= 15 is 0 Å². The van der Waals surface area contributed by atoms with Crippen molar-refractivity contribution in [1.82, 2.24) is 0 Å². The molecule has 0 amide bonds. The Labute approximate surface area is 137 Å². The molecule has 0 aliphatic rings. The fourth-order valence-electron chi connectivity index (χ4n) is 3.00. The maximum Gasteiger partial charge on any atom is 0.0491 e. The Kier molecular flexibility index (Phi) is 4.45. The molecule has 0 saturated heterocycles. The van der Waals surface area contributed by atoms with E-state index in [1.165, 1.54) is 11.1 Å². The van der Waals surface area contributed by atoms with Crippen molar-refractivity contribution < 1.29 is 0 Å². The molecule has 0 bridgehead atoms. The molecule has 2 heteroatoms. The van der Waals surface area contributed by atoms with Crippen molar-refractivity contribution in [3.05, 3.63) is 102 Å². The average Bonchev–Trinajstić information content (AvgIpc) is 2.57. The molecule has 0 aliphatic heterocycles. The Morgan fingerprint density at radius 2 is 1.04 bits per heavy atom. The third-order valence-corrected chi connectivity index (χ3v) is 4.21. The highest BCUT2D eigenvalue weighted by Crippen LogP contribution is 2.28. The summed E-state index contributed by atoms with van der Waals surface area (Å²) in [6, 6.07) is 28.7. The molecule has 23 heavy (non-hydrogen) atoms.